The number of carbonyl (C=O) groups is 4. The molecule has 3 rings (SSSR count). The van der Waals surface area contributed by atoms with Crippen molar-refractivity contribution >= 4 is 23.7 Å². The lowest BCUT2D eigenvalue weighted by atomic mass is 10.0. The Morgan fingerprint density at radius 2 is 1.83 bits per heavy atom. The van der Waals surface area contributed by atoms with Crippen LogP contribution in [0, 0.1) is 0 Å². The molecule has 0 bridgehead atoms. The first-order valence-electron chi connectivity index (χ1n) is 11.3. The van der Waals surface area contributed by atoms with E-state index < -0.39 is 54.5 Å². The molecule has 1 aliphatic heterocycles. The summed E-state index contributed by atoms with van der Waals surface area (Å²) in [4.78, 5) is 58.7. The number of nitrogens with two attached hydrogens (primary N) is 1. The van der Waals surface area contributed by atoms with E-state index in [-0.39, 0.29) is 19.4 Å². The highest BCUT2D eigenvalue weighted by Crippen LogP contribution is 2.20. The van der Waals surface area contributed by atoms with Gasteiger partial charge in [0.15, 0.2) is 0 Å². The number of aliphatic hydroxyl groups excluding tert-OH is 1. The second-order valence-electron chi connectivity index (χ2n) is 8.41. The summed E-state index contributed by atoms with van der Waals surface area (Å²) in [5.74, 6) is -2.99. The maximum absolute atomic E-state index is 13.4. The van der Waals surface area contributed by atoms with Gasteiger partial charge in [0.2, 0.25) is 17.7 Å². The molecule has 0 saturated carbocycles. The van der Waals surface area contributed by atoms with E-state index in [1.807, 2.05) is 6.07 Å². The molecule has 12 nitrogen and oxygen atoms in total. The minimum absolute atomic E-state index is 0.0312. The number of carbonyl (C=O) groups excluding carboxylic acids is 3. The standard InChI is InChI=1S/C23H30N6O6/c24-16(12-30)20(31)27-17(10-15-11-25-13-26-15)21(32)28-18(9-14-5-2-1-3-6-14)22(33)29-8-4-7-19(29)23(34)35/h1-3,5-6,11,13,16-19,30H,4,7-10,12,24H2,(H,25,26)(H,27,31)(H,28,32)(H,34,35). The van der Waals surface area contributed by atoms with Gasteiger partial charge in [0, 0.05) is 31.3 Å². The maximum atomic E-state index is 13.4. The number of benzene rings is 1. The number of carboxylic acids is 1. The lowest BCUT2D eigenvalue weighted by Gasteiger charge is -2.29. The quantitative estimate of drug-likeness (QED) is 0.222. The van der Waals surface area contributed by atoms with Crippen molar-refractivity contribution in [3.05, 3.63) is 54.1 Å². The van der Waals surface area contributed by atoms with Gasteiger partial charge in [-0.15, -0.1) is 0 Å². The van der Waals surface area contributed by atoms with Crippen LogP contribution in [-0.4, -0.2) is 86.1 Å². The van der Waals surface area contributed by atoms with E-state index in [9.17, 15) is 29.4 Å². The number of hydrogen-bond donors (Lipinski definition) is 6. The molecule has 3 amide bonds. The van der Waals surface area contributed by atoms with Crippen LogP contribution < -0.4 is 16.4 Å². The topological polar surface area (TPSA) is 191 Å². The van der Waals surface area contributed by atoms with Crippen LogP contribution in [0.1, 0.15) is 24.1 Å². The molecule has 1 aromatic carbocycles. The fourth-order valence-electron chi connectivity index (χ4n) is 4.00. The largest absolute Gasteiger partial charge is 0.480 e. The van der Waals surface area contributed by atoms with Crippen molar-refractivity contribution in [3.63, 3.8) is 0 Å². The summed E-state index contributed by atoms with van der Waals surface area (Å²) in [6.45, 7) is -0.332. The SMILES string of the molecule is NC(CO)C(=O)NC(Cc1cnc[nH]1)C(=O)NC(Cc1ccccc1)C(=O)N1CCCC1C(=O)O. The predicted molar refractivity (Wildman–Crippen MR) is 124 cm³/mol. The smallest absolute Gasteiger partial charge is 0.326 e. The first-order chi connectivity index (χ1) is 16.8. The highest BCUT2D eigenvalue weighted by molar-refractivity contribution is 5.94. The molecule has 0 radical (unpaired) electrons. The van der Waals surface area contributed by atoms with Gasteiger partial charge in [-0.05, 0) is 18.4 Å². The first-order valence-corrected chi connectivity index (χ1v) is 11.3. The number of aliphatic carboxylic acids is 1. The number of nitrogens with zero attached hydrogens (tertiary/aromatic N) is 2. The Balaban J connectivity index is 1.83. The second kappa shape index (κ2) is 12.1. The van der Waals surface area contributed by atoms with E-state index in [4.69, 9.17) is 5.73 Å². The third-order valence-electron chi connectivity index (χ3n) is 5.86. The van der Waals surface area contributed by atoms with Gasteiger partial charge in [-0.25, -0.2) is 9.78 Å². The molecule has 7 N–H and O–H groups in total. The summed E-state index contributed by atoms with van der Waals surface area (Å²) in [5.41, 5.74) is 6.91. The fraction of sp³-hybridized carbons (Fsp3) is 0.435. The molecule has 12 heteroatoms. The third-order valence-corrected chi connectivity index (χ3v) is 5.86. The fourth-order valence-corrected chi connectivity index (χ4v) is 4.00. The Hall–Kier alpha value is -3.77. The van der Waals surface area contributed by atoms with Crippen LogP contribution >= 0.6 is 0 Å². The molecule has 0 spiro atoms. The van der Waals surface area contributed by atoms with Crippen LogP contribution in [0.5, 0.6) is 0 Å². The van der Waals surface area contributed by atoms with E-state index in [0.29, 0.717) is 18.5 Å². The number of aromatic amines is 1. The van der Waals surface area contributed by atoms with Gasteiger partial charge in [0.25, 0.3) is 0 Å². The zero-order valence-corrected chi connectivity index (χ0v) is 19.1. The highest BCUT2D eigenvalue weighted by atomic mass is 16.4. The average Bonchev–Trinajstić information content (AvgIpc) is 3.55. The Labute approximate surface area is 201 Å². The number of hydrogen-bond acceptors (Lipinski definition) is 7. The van der Waals surface area contributed by atoms with Crippen molar-refractivity contribution in [3.8, 4) is 0 Å². The van der Waals surface area contributed by atoms with Gasteiger partial charge < -0.3 is 36.5 Å². The second-order valence-corrected chi connectivity index (χ2v) is 8.41. The van der Waals surface area contributed by atoms with E-state index >= 15 is 0 Å². The third kappa shape index (κ3) is 6.87. The molecule has 1 aromatic heterocycles. The van der Waals surface area contributed by atoms with Gasteiger partial charge >= 0.3 is 5.97 Å². The number of aliphatic hydroxyl groups is 1. The number of carboxylic acid groups (broad SMARTS) is 1. The number of imidazole rings is 1. The number of H-pyrrole nitrogens is 1. The average molecular weight is 487 g/mol. The molecule has 2 aromatic rings. The van der Waals surface area contributed by atoms with Gasteiger partial charge in [-0.3, -0.25) is 14.4 Å². The summed E-state index contributed by atoms with van der Waals surface area (Å²) < 4.78 is 0. The van der Waals surface area contributed by atoms with Crippen LogP contribution in [0.3, 0.4) is 0 Å². The zero-order chi connectivity index (χ0) is 25.4. The van der Waals surface area contributed by atoms with Crippen molar-refractivity contribution in [1.82, 2.24) is 25.5 Å². The Morgan fingerprint density at radius 1 is 1.11 bits per heavy atom. The van der Waals surface area contributed by atoms with E-state index in [2.05, 4.69) is 20.6 Å². The summed E-state index contributed by atoms with van der Waals surface area (Å²) in [6, 6.07) is 4.65. The van der Waals surface area contributed by atoms with Crippen LogP contribution in [0.25, 0.3) is 0 Å². The molecule has 0 aliphatic carbocycles. The lowest BCUT2D eigenvalue weighted by Crippen LogP contribution is -2.58. The molecule has 1 fully saturated rings. The van der Waals surface area contributed by atoms with Crippen LogP contribution in [0.15, 0.2) is 42.9 Å². The van der Waals surface area contributed by atoms with Gasteiger partial charge in [0.1, 0.15) is 24.2 Å². The van der Waals surface area contributed by atoms with Crippen molar-refractivity contribution in [2.75, 3.05) is 13.2 Å². The van der Waals surface area contributed by atoms with Crippen LogP contribution in [0.4, 0.5) is 0 Å². The van der Waals surface area contributed by atoms with Crippen molar-refractivity contribution in [2.45, 2.75) is 49.9 Å². The highest BCUT2D eigenvalue weighted by Gasteiger charge is 2.38. The molecular formula is C23H30N6O6. The first kappa shape index (κ1) is 25.8. The van der Waals surface area contributed by atoms with E-state index in [1.165, 1.54) is 17.4 Å². The molecular weight excluding hydrogens is 456 g/mol. The summed E-state index contributed by atoms with van der Waals surface area (Å²) >= 11 is 0. The number of likely N-dealkylation sites (tertiary alicyclic amines) is 1. The normalized spacial score (nSPS) is 17.9. The molecule has 2 heterocycles. The monoisotopic (exact) mass is 486 g/mol. The zero-order valence-electron chi connectivity index (χ0n) is 19.1. The minimum Gasteiger partial charge on any atom is -0.480 e. The van der Waals surface area contributed by atoms with Crippen molar-refractivity contribution in [1.29, 1.82) is 0 Å². The predicted octanol–water partition coefficient (Wildman–Crippen LogP) is -1.44. The van der Waals surface area contributed by atoms with Crippen LogP contribution in [0.2, 0.25) is 0 Å². The summed E-state index contributed by atoms with van der Waals surface area (Å²) in [5, 5.41) is 23.9. The number of amides is 3. The van der Waals surface area contributed by atoms with E-state index in [1.54, 1.807) is 24.3 Å². The van der Waals surface area contributed by atoms with Crippen LogP contribution in [-0.2, 0) is 32.0 Å². The molecule has 1 aliphatic rings. The Bertz CT molecular complexity index is 1010. The maximum Gasteiger partial charge on any atom is 0.326 e. The van der Waals surface area contributed by atoms with Crippen molar-refractivity contribution in [2.24, 2.45) is 5.73 Å². The molecule has 4 atom stereocenters. The summed E-state index contributed by atoms with van der Waals surface area (Å²) in [6.07, 6.45) is 3.97. The number of rotatable bonds is 11. The van der Waals surface area contributed by atoms with Gasteiger partial charge in [-0.1, -0.05) is 30.3 Å². The summed E-state index contributed by atoms with van der Waals surface area (Å²) in [7, 11) is 0. The van der Waals surface area contributed by atoms with E-state index in [0.717, 1.165) is 5.56 Å². The van der Waals surface area contributed by atoms with Gasteiger partial charge in [0.05, 0.1) is 12.9 Å². The molecule has 1 saturated heterocycles. The minimum atomic E-state index is -1.23. The molecule has 188 valence electrons. The lowest BCUT2D eigenvalue weighted by molar-refractivity contribution is -0.149. The molecule has 35 heavy (non-hydrogen) atoms. The molecule has 4 unspecified atom stereocenters. The number of nitrogens with one attached hydrogen (secondary N) is 3. The Kier molecular flexibility index (Phi) is 8.92. The van der Waals surface area contributed by atoms with Gasteiger partial charge in [-0.2, -0.15) is 0 Å². The Morgan fingerprint density at radius 3 is 2.46 bits per heavy atom. The van der Waals surface area contributed by atoms with Crippen molar-refractivity contribution < 1.29 is 29.4 Å². The number of aromatic nitrogens is 2.